The van der Waals surface area contributed by atoms with Crippen molar-refractivity contribution in [1.82, 2.24) is 10.2 Å². The molecule has 118 valence electrons. The van der Waals surface area contributed by atoms with Gasteiger partial charge in [0.1, 0.15) is 5.82 Å². The van der Waals surface area contributed by atoms with Crippen molar-refractivity contribution in [3.8, 4) is 0 Å². The van der Waals surface area contributed by atoms with Crippen molar-refractivity contribution in [2.45, 2.75) is 38.5 Å². The highest BCUT2D eigenvalue weighted by atomic mass is 19.1. The van der Waals surface area contributed by atoms with Crippen LogP contribution >= 0.6 is 0 Å². The maximum Gasteiger partial charge on any atom is 0.254 e. The Labute approximate surface area is 135 Å². The molecule has 2 aromatic rings. The topological polar surface area (TPSA) is 32.3 Å². The van der Waals surface area contributed by atoms with E-state index in [4.69, 9.17) is 0 Å². The number of fused-ring (bicyclic) bond motifs is 1. The number of rotatable bonds is 4. The molecule has 0 unspecified atom stereocenters. The number of carbonyl (C=O) groups is 1. The molecule has 1 aliphatic heterocycles. The highest BCUT2D eigenvalue weighted by Crippen LogP contribution is 2.31. The number of hydrogen-bond donors (Lipinski definition) is 1. The molecule has 1 amide bonds. The third kappa shape index (κ3) is 2.86. The predicted molar refractivity (Wildman–Crippen MR) is 86.3 cm³/mol. The minimum absolute atomic E-state index is 0.00505. The molecule has 1 fully saturated rings. The van der Waals surface area contributed by atoms with Gasteiger partial charge in [-0.2, -0.15) is 0 Å². The van der Waals surface area contributed by atoms with Crippen molar-refractivity contribution >= 4 is 5.91 Å². The van der Waals surface area contributed by atoms with Gasteiger partial charge in [0, 0.05) is 36.8 Å². The molecule has 0 spiro atoms. The summed E-state index contributed by atoms with van der Waals surface area (Å²) in [6, 6.07) is 12.8. The first-order chi connectivity index (χ1) is 11.2. The molecule has 0 aromatic heterocycles. The molecule has 1 N–H and O–H groups in total. The molecule has 0 bridgehead atoms. The molecule has 3 nitrogen and oxygen atoms in total. The lowest BCUT2D eigenvalue weighted by Gasteiger charge is -2.23. The van der Waals surface area contributed by atoms with Gasteiger partial charge in [-0.05, 0) is 42.2 Å². The maximum absolute atomic E-state index is 13.9. The Bertz CT molecular complexity index is 755. The molecule has 1 saturated carbocycles. The molecule has 0 atom stereocenters. The van der Waals surface area contributed by atoms with E-state index < -0.39 is 0 Å². The molecular weight excluding hydrogens is 291 g/mol. The van der Waals surface area contributed by atoms with Crippen LogP contribution in [0.25, 0.3) is 0 Å². The Balaban J connectivity index is 1.60. The van der Waals surface area contributed by atoms with Gasteiger partial charge in [0.15, 0.2) is 0 Å². The van der Waals surface area contributed by atoms with E-state index in [1.54, 1.807) is 12.1 Å². The number of nitrogens with one attached hydrogen (secondary N) is 1. The monoisotopic (exact) mass is 310 g/mol. The van der Waals surface area contributed by atoms with Crippen LogP contribution in [0.3, 0.4) is 0 Å². The summed E-state index contributed by atoms with van der Waals surface area (Å²) in [7, 11) is 0. The van der Waals surface area contributed by atoms with Crippen molar-refractivity contribution in [3.63, 3.8) is 0 Å². The van der Waals surface area contributed by atoms with E-state index in [1.807, 2.05) is 29.2 Å². The summed E-state index contributed by atoms with van der Waals surface area (Å²) in [5.74, 6) is -0.241. The predicted octanol–water partition coefficient (Wildman–Crippen LogP) is 3.23. The molecule has 2 aliphatic rings. The second-order valence-electron chi connectivity index (χ2n) is 6.34. The summed E-state index contributed by atoms with van der Waals surface area (Å²) in [5, 5.41) is 3.29. The largest absolute Gasteiger partial charge is 0.331 e. The Hall–Kier alpha value is -2.20. The van der Waals surface area contributed by atoms with Gasteiger partial charge >= 0.3 is 0 Å². The summed E-state index contributed by atoms with van der Waals surface area (Å²) in [6.07, 6.45) is 2.01. The number of nitrogens with zero attached hydrogens (tertiary/aromatic N) is 1. The molecular formula is C19H19FN2O. The van der Waals surface area contributed by atoms with Crippen molar-refractivity contribution in [2.75, 3.05) is 0 Å². The molecule has 1 heterocycles. The second kappa shape index (κ2) is 5.78. The zero-order chi connectivity index (χ0) is 15.8. The lowest BCUT2D eigenvalue weighted by Crippen LogP contribution is -2.33. The van der Waals surface area contributed by atoms with E-state index >= 15 is 0 Å². The molecule has 0 saturated heterocycles. The van der Waals surface area contributed by atoms with Gasteiger partial charge in [-0.1, -0.05) is 24.3 Å². The van der Waals surface area contributed by atoms with Crippen LogP contribution in [0.4, 0.5) is 4.39 Å². The van der Waals surface area contributed by atoms with Gasteiger partial charge in [-0.15, -0.1) is 0 Å². The van der Waals surface area contributed by atoms with Gasteiger partial charge in [0.2, 0.25) is 0 Å². The smallest absolute Gasteiger partial charge is 0.254 e. The fraction of sp³-hybridized carbons (Fsp3) is 0.316. The summed E-state index contributed by atoms with van der Waals surface area (Å²) < 4.78 is 13.9. The Morgan fingerprint density at radius 1 is 1.13 bits per heavy atom. The van der Waals surface area contributed by atoms with Crippen LogP contribution in [0.5, 0.6) is 0 Å². The SMILES string of the molecule is O=C(c1ccc2c(c1)CNC2)N(Cc1ccccc1F)C1CC1. The molecule has 1 aliphatic carbocycles. The fourth-order valence-corrected chi connectivity index (χ4v) is 3.16. The number of amides is 1. The van der Waals surface area contributed by atoms with E-state index in [0.29, 0.717) is 17.7 Å². The molecule has 4 heteroatoms. The lowest BCUT2D eigenvalue weighted by molar-refractivity contribution is 0.0728. The summed E-state index contributed by atoms with van der Waals surface area (Å²) in [6.45, 7) is 2.02. The molecule has 4 rings (SSSR count). The third-order valence-electron chi connectivity index (χ3n) is 4.63. The van der Waals surface area contributed by atoms with E-state index in [0.717, 1.165) is 25.9 Å². The Morgan fingerprint density at radius 2 is 1.91 bits per heavy atom. The van der Waals surface area contributed by atoms with Crippen LogP contribution in [0.15, 0.2) is 42.5 Å². The van der Waals surface area contributed by atoms with Crippen molar-refractivity contribution in [3.05, 3.63) is 70.5 Å². The van der Waals surface area contributed by atoms with Gasteiger partial charge in [-0.3, -0.25) is 4.79 Å². The minimum Gasteiger partial charge on any atom is -0.331 e. The summed E-state index contributed by atoms with van der Waals surface area (Å²) in [4.78, 5) is 14.7. The van der Waals surface area contributed by atoms with Crippen molar-refractivity contribution < 1.29 is 9.18 Å². The molecule has 23 heavy (non-hydrogen) atoms. The fourth-order valence-electron chi connectivity index (χ4n) is 3.16. The van der Waals surface area contributed by atoms with Crippen molar-refractivity contribution in [2.24, 2.45) is 0 Å². The zero-order valence-electron chi connectivity index (χ0n) is 12.9. The first-order valence-electron chi connectivity index (χ1n) is 8.09. The third-order valence-corrected chi connectivity index (χ3v) is 4.63. The first kappa shape index (κ1) is 14.4. The minimum atomic E-state index is -0.246. The lowest BCUT2D eigenvalue weighted by atomic mass is 10.1. The van der Waals surface area contributed by atoms with Crippen LogP contribution in [0.2, 0.25) is 0 Å². The second-order valence-corrected chi connectivity index (χ2v) is 6.34. The van der Waals surface area contributed by atoms with E-state index in [-0.39, 0.29) is 17.8 Å². The highest BCUT2D eigenvalue weighted by Gasteiger charge is 2.33. The summed E-state index contributed by atoms with van der Waals surface area (Å²) in [5.41, 5.74) is 3.73. The molecule has 0 radical (unpaired) electrons. The Morgan fingerprint density at radius 3 is 2.70 bits per heavy atom. The normalized spacial score (nSPS) is 16.2. The zero-order valence-corrected chi connectivity index (χ0v) is 12.9. The van der Waals surface area contributed by atoms with Crippen LogP contribution in [-0.2, 0) is 19.6 Å². The van der Waals surface area contributed by atoms with Crippen LogP contribution < -0.4 is 5.32 Å². The highest BCUT2D eigenvalue weighted by molar-refractivity contribution is 5.95. The first-order valence-corrected chi connectivity index (χ1v) is 8.09. The van der Waals surface area contributed by atoms with Gasteiger partial charge < -0.3 is 10.2 Å². The average molecular weight is 310 g/mol. The van der Waals surface area contributed by atoms with E-state index in [1.165, 1.54) is 17.2 Å². The number of benzene rings is 2. The Kier molecular flexibility index (Phi) is 3.62. The van der Waals surface area contributed by atoms with Crippen LogP contribution in [-0.4, -0.2) is 16.8 Å². The van der Waals surface area contributed by atoms with E-state index in [9.17, 15) is 9.18 Å². The molecule has 2 aromatic carbocycles. The number of carbonyl (C=O) groups excluding carboxylic acids is 1. The average Bonchev–Trinajstić information content (AvgIpc) is 3.30. The van der Waals surface area contributed by atoms with Gasteiger partial charge in [0.05, 0.1) is 0 Å². The summed E-state index contributed by atoms with van der Waals surface area (Å²) >= 11 is 0. The standard InChI is InChI=1S/C19H19FN2O/c20-18-4-2-1-3-15(18)12-22(17-7-8-17)19(23)13-5-6-14-10-21-11-16(14)9-13/h1-6,9,17,21H,7-8,10-12H2. The number of halogens is 1. The van der Waals surface area contributed by atoms with Crippen LogP contribution in [0.1, 0.15) is 39.9 Å². The maximum atomic E-state index is 13.9. The van der Waals surface area contributed by atoms with Gasteiger partial charge in [0.25, 0.3) is 5.91 Å². The quantitative estimate of drug-likeness (QED) is 0.940. The van der Waals surface area contributed by atoms with Crippen LogP contribution in [0, 0.1) is 5.82 Å². The number of hydrogen-bond acceptors (Lipinski definition) is 2. The van der Waals surface area contributed by atoms with Crippen molar-refractivity contribution in [1.29, 1.82) is 0 Å². The van der Waals surface area contributed by atoms with Gasteiger partial charge in [-0.25, -0.2) is 4.39 Å². The van der Waals surface area contributed by atoms with E-state index in [2.05, 4.69) is 5.32 Å².